The van der Waals surface area contributed by atoms with Crippen LogP contribution in [0, 0.1) is 16.0 Å². The highest BCUT2D eigenvalue weighted by molar-refractivity contribution is 5.98. The summed E-state index contributed by atoms with van der Waals surface area (Å²) in [6.07, 6.45) is 0.676. The van der Waals surface area contributed by atoms with Crippen LogP contribution in [0.3, 0.4) is 0 Å². The molecule has 2 atom stereocenters. The van der Waals surface area contributed by atoms with E-state index in [4.69, 9.17) is 4.74 Å². The van der Waals surface area contributed by atoms with Crippen molar-refractivity contribution < 1.29 is 19.2 Å². The Balaban J connectivity index is 3.01. The molecule has 0 aliphatic heterocycles. The molecule has 0 spiro atoms. The van der Waals surface area contributed by atoms with Gasteiger partial charge in [-0.05, 0) is 31.9 Å². The molecule has 0 aliphatic carbocycles. The standard InChI is InChI=1S/C16H22N2O5/c1-5-11(3)16(4,15(20)23-6-2)17-14(19)12-7-9-13(10-8-12)18(21)22/h7-11H,5-6H2,1-4H3,(H,17,19)/t11-,16+/m0/s1. The number of nitrogens with zero attached hydrogens (tertiary/aromatic N) is 1. The van der Waals surface area contributed by atoms with E-state index >= 15 is 0 Å². The molecule has 1 aromatic carbocycles. The van der Waals surface area contributed by atoms with Crippen molar-refractivity contribution in [1.29, 1.82) is 0 Å². The molecule has 126 valence electrons. The highest BCUT2D eigenvalue weighted by atomic mass is 16.6. The van der Waals surface area contributed by atoms with Gasteiger partial charge in [0.2, 0.25) is 0 Å². The lowest BCUT2D eigenvalue weighted by atomic mass is 9.84. The highest BCUT2D eigenvalue weighted by Crippen LogP contribution is 2.23. The van der Waals surface area contributed by atoms with Crippen LogP contribution in [0.1, 0.15) is 44.5 Å². The minimum absolute atomic E-state index is 0.100. The van der Waals surface area contributed by atoms with E-state index in [0.29, 0.717) is 6.42 Å². The molecular weight excluding hydrogens is 300 g/mol. The summed E-state index contributed by atoms with van der Waals surface area (Å²) < 4.78 is 5.07. The van der Waals surface area contributed by atoms with Crippen molar-refractivity contribution in [2.45, 2.75) is 39.7 Å². The topological polar surface area (TPSA) is 98.5 Å². The maximum atomic E-state index is 12.4. The molecule has 23 heavy (non-hydrogen) atoms. The fourth-order valence-electron chi connectivity index (χ4n) is 2.11. The molecule has 0 radical (unpaired) electrons. The molecule has 0 bridgehead atoms. The maximum Gasteiger partial charge on any atom is 0.331 e. The number of nitro groups is 1. The van der Waals surface area contributed by atoms with Crippen molar-refractivity contribution in [3.8, 4) is 0 Å². The van der Waals surface area contributed by atoms with Crippen LogP contribution in [0.4, 0.5) is 5.69 Å². The van der Waals surface area contributed by atoms with E-state index in [1.807, 2.05) is 13.8 Å². The first-order valence-corrected chi connectivity index (χ1v) is 7.50. The van der Waals surface area contributed by atoms with Crippen LogP contribution in [0.25, 0.3) is 0 Å². The van der Waals surface area contributed by atoms with Gasteiger partial charge < -0.3 is 10.1 Å². The number of nitrogens with one attached hydrogen (secondary N) is 1. The fourth-order valence-corrected chi connectivity index (χ4v) is 2.11. The SMILES string of the molecule is CCOC(=O)[C@](C)(NC(=O)c1ccc([N+](=O)[O-])cc1)[C@@H](C)CC. The number of carbonyl (C=O) groups is 2. The van der Waals surface area contributed by atoms with Gasteiger partial charge in [0.1, 0.15) is 5.54 Å². The number of esters is 1. The molecule has 0 aromatic heterocycles. The normalized spacial score (nSPS) is 14.4. The zero-order chi connectivity index (χ0) is 17.6. The van der Waals surface area contributed by atoms with Crippen molar-refractivity contribution in [2.24, 2.45) is 5.92 Å². The van der Waals surface area contributed by atoms with Crippen LogP contribution in [-0.4, -0.2) is 28.9 Å². The van der Waals surface area contributed by atoms with Crippen molar-refractivity contribution in [1.82, 2.24) is 5.32 Å². The van der Waals surface area contributed by atoms with Gasteiger partial charge in [-0.2, -0.15) is 0 Å². The molecule has 0 heterocycles. The first-order valence-electron chi connectivity index (χ1n) is 7.50. The van der Waals surface area contributed by atoms with E-state index in [-0.39, 0.29) is 23.8 Å². The zero-order valence-corrected chi connectivity index (χ0v) is 13.8. The number of amides is 1. The van der Waals surface area contributed by atoms with E-state index in [0.717, 1.165) is 0 Å². The smallest absolute Gasteiger partial charge is 0.331 e. The molecule has 0 aliphatic rings. The van der Waals surface area contributed by atoms with Crippen LogP contribution in [0.5, 0.6) is 0 Å². The number of non-ortho nitro benzene ring substituents is 1. The summed E-state index contributed by atoms with van der Waals surface area (Å²) in [5.74, 6) is -1.11. The molecule has 1 rings (SSSR count). The molecule has 7 nitrogen and oxygen atoms in total. The van der Waals surface area contributed by atoms with Gasteiger partial charge in [-0.25, -0.2) is 4.79 Å². The van der Waals surface area contributed by atoms with Gasteiger partial charge in [0.15, 0.2) is 0 Å². The van der Waals surface area contributed by atoms with Gasteiger partial charge in [0.25, 0.3) is 11.6 Å². The Labute approximate surface area is 135 Å². The Morgan fingerprint density at radius 2 is 1.87 bits per heavy atom. The van der Waals surface area contributed by atoms with E-state index in [1.165, 1.54) is 24.3 Å². The lowest BCUT2D eigenvalue weighted by molar-refractivity contribution is -0.384. The summed E-state index contributed by atoms with van der Waals surface area (Å²) in [5, 5.41) is 13.4. The number of carbonyl (C=O) groups excluding carboxylic acids is 2. The van der Waals surface area contributed by atoms with Crippen LogP contribution >= 0.6 is 0 Å². The Morgan fingerprint density at radius 3 is 2.30 bits per heavy atom. The summed E-state index contributed by atoms with van der Waals surface area (Å²) in [7, 11) is 0. The number of hydrogen-bond acceptors (Lipinski definition) is 5. The molecule has 0 unspecified atom stereocenters. The van der Waals surface area contributed by atoms with Crippen molar-refractivity contribution in [2.75, 3.05) is 6.61 Å². The number of nitro benzene ring substituents is 1. The Morgan fingerprint density at radius 1 is 1.30 bits per heavy atom. The summed E-state index contributed by atoms with van der Waals surface area (Å²) in [4.78, 5) is 34.7. The van der Waals surface area contributed by atoms with E-state index in [1.54, 1.807) is 13.8 Å². The Bertz CT molecular complexity index is 585. The molecule has 7 heteroatoms. The molecule has 1 amide bonds. The van der Waals surface area contributed by atoms with Crippen molar-refractivity contribution in [3.05, 3.63) is 39.9 Å². The predicted molar refractivity (Wildman–Crippen MR) is 85.1 cm³/mol. The summed E-state index contributed by atoms with van der Waals surface area (Å²) in [6, 6.07) is 5.21. The molecule has 1 aromatic rings. The minimum atomic E-state index is -1.16. The van der Waals surface area contributed by atoms with Gasteiger partial charge >= 0.3 is 5.97 Å². The fraction of sp³-hybridized carbons (Fsp3) is 0.500. The van der Waals surface area contributed by atoms with Gasteiger partial charge in [-0.3, -0.25) is 14.9 Å². The number of benzene rings is 1. The average Bonchev–Trinajstić information content (AvgIpc) is 2.54. The third kappa shape index (κ3) is 4.28. The molecule has 0 fully saturated rings. The largest absolute Gasteiger partial charge is 0.464 e. The second kappa shape index (κ2) is 7.71. The monoisotopic (exact) mass is 322 g/mol. The molecule has 0 saturated carbocycles. The van der Waals surface area contributed by atoms with Crippen LogP contribution in [0.15, 0.2) is 24.3 Å². The summed E-state index contributed by atoms with van der Waals surface area (Å²) >= 11 is 0. The average molecular weight is 322 g/mol. The number of hydrogen-bond donors (Lipinski definition) is 1. The van der Waals surface area contributed by atoms with Gasteiger partial charge in [0, 0.05) is 17.7 Å². The number of ether oxygens (including phenoxy) is 1. The molecular formula is C16H22N2O5. The minimum Gasteiger partial charge on any atom is -0.464 e. The lowest BCUT2D eigenvalue weighted by Gasteiger charge is -2.33. The maximum absolute atomic E-state index is 12.4. The van der Waals surface area contributed by atoms with Crippen molar-refractivity contribution >= 4 is 17.6 Å². The first-order chi connectivity index (χ1) is 10.8. The van der Waals surface area contributed by atoms with Gasteiger partial charge in [-0.1, -0.05) is 20.3 Å². The Hall–Kier alpha value is -2.44. The van der Waals surface area contributed by atoms with Crippen LogP contribution < -0.4 is 5.32 Å². The van der Waals surface area contributed by atoms with Gasteiger partial charge in [0.05, 0.1) is 11.5 Å². The molecule has 1 N–H and O–H groups in total. The van der Waals surface area contributed by atoms with Crippen LogP contribution in [0.2, 0.25) is 0 Å². The zero-order valence-electron chi connectivity index (χ0n) is 13.8. The highest BCUT2D eigenvalue weighted by Gasteiger charge is 2.41. The van der Waals surface area contributed by atoms with E-state index in [9.17, 15) is 19.7 Å². The van der Waals surface area contributed by atoms with E-state index < -0.39 is 22.3 Å². The molecule has 0 saturated heterocycles. The third-order valence-electron chi connectivity index (χ3n) is 4.01. The second-order valence-electron chi connectivity index (χ2n) is 5.49. The van der Waals surface area contributed by atoms with Crippen LogP contribution in [-0.2, 0) is 9.53 Å². The van der Waals surface area contributed by atoms with Gasteiger partial charge in [-0.15, -0.1) is 0 Å². The Kier molecular flexibility index (Phi) is 6.24. The number of rotatable bonds is 7. The van der Waals surface area contributed by atoms with E-state index in [2.05, 4.69) is 5.32 Å². The third-order valence-corrected chi connectivity index (χ3v) is 4.01. The lowest BCUT2D eigenvalue weighted by Crippen LogP contribution is -2.57. The summed E-state index contributed by atoms with van der Waals surface area (Å²) in [5.41, 5.74) is -1.02. The second-order valence-corrected chi connectivity index (χ2v) is 5.49. The van der Waals surface area contributed by atoms with Crippen molar-refractivity contribution in [3.63, 3.8) is 0 Å². The first kappa shape index (κ1) is 18.6. The quantitative estimate of drug-likeness (QED) is 0.473. The summed E-state index contributed by atoms with van der Waals surface area (Å²) in [6.45, 7) is 7.32. The predicted octanol–water partition coefficient (Wildman–Crippen LogP) is 2.69.